The maximum absolute atomic E-state index is 11.7. The van der Waals surface area contributed by atoms with Crippen LogP contribution in [0.1, 0.15) is 6.92 Å². The number of hydrogen-bond donors (Lipinski definition) is 2. The van der Waals surface area contributed by atoms with Gasteiger partial charge in [-0.3, -0.25) is 9.59 Å². The molecule has 0 bridgehead atoms. The van der Waals surface area contributed by atoms with Crippen LogP contribution in [0.3, 0.4) is 0 Å². The van der Waals surface area contributed by atoms with E-state index in [0.29, 0.717) is 5.69 Å². The molecule has 0 radical (unpaired) electrons. The number of anilines is 1. The van der Waals surface area contributed by atoms with E-state index in [1.807, 2.05) is 12.1 Å². The molecule has 0 saturated carbocycles. The highest BCUT2D eigenvalue weighted by Crippen LogP contribution is 2.15. The molecule has 6 nitrogen and oxygen atoms in total. The van der Waals surface area contributed by atoms with Gasteiger partial charge in [-0.15, -0.1) is 11.8 Å². The Morgan fingerprint density at radius 1 is 1.22 bits per heavy atom. The van der Waals surface area contributed by atoms with Crippen molar-refractivity contribution in [1.29, 1.82) is 0 Å². The largest absolute Gasteiger partial charge is 0.354 e. The molecule has 0 aliphatic rings. The van der Waals surface area contributed by atoms with Crippen LogP contribution >= 0.6 is 27.7 Å². The normalized spacial score (nSPS) is 11.0. The molecule has 1 aromatic carbocycles. The van der Waals surface area contributed by atoms with Crippen molar-refractivity contribution in [3.8, 4) is 0 Å². The van der Waals surface area contributed by atoms with Gasteiger partial charge < -0.3 is 10.6 Å². The van der Waals surface area contributed by atoms with Gasteiger partial charge in [0.15, 0.2) is 9.84 Å². The van der Waals surface area contributed by atoms with Crippen LogP contribution in [0.4, 0.5) is 5.69 Å². The maximum Gasteiger partial charge on any atom is 0.234 e. The fraction of sp³-hybridized carbons (Fsp3) is 0.429. The van der Waals surface area contributed by atoms with E-state index >= 15 is 0 Å². The Morgan fingerprint density at radius 3 is 2.57 bits per heavy atom. The summed E-state index contributed by atoms with van der Waals surface area (Å²) < 4.78 is 23.4. The zero-order valence-electron chi connectivity index (χ0n) is 12.7. The Balaban J connectivity index is 2.20. The van der Waals surface area contributed by atoms with Crippen molar-refractivity contribution in [2.24, 2.45) is 0 Å². The van der Waals surface area contributed by atoms with Crippen molar-refractivity contribution < 1.29 is 18.0 Å². The highest BCUT2D eigenvalue weighted by Gasteiger charge is 2.09. The fourth-order valence-electron chi connectivity index (χ4n) is 1.54. The summed E-state index contributed by atoms with van der Waals surface area (Å²) in [6, 6.07) is 7.22. The summed E-state index contributed by atoms with van der Waals surface area (Å²) in [7, 11) is -3.08. The Kier molecular flexibility index (Phi) is 8.64. The van der Waals surface area contributed by atoms with Gasteiger partial charge in [-0.1, -0.05) is 28.9 Å². The molecule has 0 spiro atoms. The fourth-order valence-corrected chi connectivity index (χ4v) is 3.29. The molecule has 0 fully saturated rings. The van der Waals surface area contributed by atoms with Crippen LogP contribution in [-0.4, -0.2) is 49.8 Å². The summed E-state index contributed by atoms with van der Waals surface area (Å²) in [5, 5.41) is 5.25. The lowest BCUT2D eigenvalue weighted by Gasteiger charge is -2.06. The number of rotatable bonds is 9. The quantitative estimate of drug-likeness (QED) is 0.631. The Bertz CT molecular complexity index is 650. The SMILES string of the molecule is CCS(=O)(=O)CCNC(=O)CSCC(=O)Nc1cccc(Br)c1. The highest BCUT2D eigenvalue weighted by atomic mass is 79.9. The first-order valence-corrected chi connectivity index (χ1v) is 10.7. The highest BCUT2D eigenvalue weighted by molar-refractivity contribution is 9.10. The van der Waals surface area contributed by atoms with Gasteiger partial charge in [-0.05, 0) is 18.2 Å². The third kappa shape index (κ3) is 8.97. The minimum atomic E-state index is -3.08. The van der Waals surface area contributed by atoms with Gasteiger partial charge >= 0.3 is 0 Å². The molecule has 0 saturated heterocycles. The molecular weight excluding hydrogens is 404 g/mol. The van der Waals surface area contributed by atoms with Crippen molar-refractivity contribution in [2.75, 3.05) is 34.9 Å². The molecule has 1 aromatic rings. The molecule has 2 N–H and O–H groups in total. The van der Waals surface area contributed by atoms with Crippen LogP contribution in [0.25, 0.3) is 0 Å². The number of carbonyl (C=O) groups is 2. The summed E-state index contributed by atoms with van der Waals surface area (Å²) in [5.41, 5.74) is 0.680. The van der Waals surface area contributed by atoms with Crippen LogP contribution in [0.5, 0.6) is 0 Å². The van der Waals surface area contributed by atoms with Gasteiger partial charge in [0.1, 0.15) is 0 Å². The standard InChI is InChI=1S/C14H19BrN2O4S2/c1-2-23(20,21)7-6-16-13(18)9-22-10-14(19)17-12-5-3-4-11(15)8-12/h3-5,8H,2,6-7,9-10H2,1H3,(H,16,18)(H,17,19). The molecule has 23 heavy (non-hydrogen) atoms. The Hall–Kier alpha value is -1.06. The van der Waals surface area contributed by atoms with Gasteiger partial charge in [0.05, 0.1) is 17.3 Å². The zero-order valence-corrected chi connectivity index (χ0v) is 15.9. The summed E-state index contributed by atoms with van der Waals surface area (Å²) >= 11 is 4.49. The van der Waals surface area contributed by atoms with Crippen molar-refractivity contribution in [3.05, 3.63) is 28.7 Å². The van der Waals surface area contributed by atoms with E-state index < -0.39 is 9.84 Å². The molecule has 9 heteroatoms. The van der Waals surface area contributed by atoms with Gasteiger partial charge in [-0.25, -0.2) is 8.42 Å². The van der Waals surface area contributed by atoms with Crippen molar-refractivity contribution in [2.45, 2.75) is 6.92 Å². The molecule has 1 rings (SSSR count). The van der Waals surface area contributed by atoms with E-state index in [1.165, 1.54) is 11.8 Å². The summed E-state index contributed by atoms with van der Waals surface area (Å²) in [4.78, 5) is 23.3. The smallest absolute Gasteiger partial charge is 0.234 e. The molecule has 0 aliphatic heterocycles. The lowest BCUT2D eigenvalue weighted by atomic mass is 10.3. The predicted molar refractivity (Wildman–Crippen MR) is 97.4 cm³/mol. The van der Waals surface area contributed by atoms with Gasteiger partial charge in [-0.2, -0.15) is 0 Å². The van der Waals surface area contributed by atoms with E-state index in [0.717, 1.165) is 4.47 Å². The average Bonchev–Trinajstić information content (AvgIpc) is 2.47. The first kappa shape index (κ1) is 20.0. The third-order valence-electron chi connectivity index (χ3n) is 2.75. The molecular formula is C14H19BrN2O4S2. The van der Waals surface area contributed by atoms with Crippen LogP contribution < -0.4 is 10.6 Å². The van der Waals surface area contributed by atoms with Gasteiger partial charge in [0, 0.05) is 22.5 Å². The molecule has 2 amide bonds. The first-order chi connectivity index (χ1) is 10.8. The molecule has 128 valence electrons. The second-order valence-corrected chi connectivity index (χ2v) is 9.01. The van der Waals surface area contributed by atoms with Crippen LogP contribution in [0, 0.1) is 0 Å². The number of thioether (sulfide) groups is 1. The maximum atomic E-state index is 11.7. The van der Waals surface area contributed by atoms with E-state index in [-0.39, 0.29) is 41.4 Å². The Labute approximate surface area is 148 Å². The molecule has 0 unspecified atom stereocenters. The van der Waals surface area contributed by atoms with E-state index in [9.17, 15) is 18.0 Å². The van der Waals surface area contributed by atoms with Gasteiger partial charge in [0.25, 0.3) is 0 Å². The molecule has 0 atom stereocenters. The minimum absolute atomic E-state index is 0.0629. The number of hydrogen-bond acceptors (Lipinski definition) is 5. The molecule has 0 aromatic heterocycles. The topological polar surface area (TPSA) is 92.3 Å². The number of nitrogens with one attached hydrogen (secondary N) is 2. The summed E-state index contributed by atoms with van der Waals surface area (Å²) in [6.45, 7) is 1.66. The van der Waals surface area contributed by atoms with Crippen molar-refractivity contribution >= 4 is 55.0 Å². The number of halogens is 1. The summed E-state index contributed by atoms with van der Waals surface area (Å²) in [5.74, 6) is -0.229. The molecule has 0 aliphatic carbocycles. The van der Waals surface area contributed by atoms with Crippen LogP contribution in [-0.2, 0) is 19.4 Å². The predicted octanol–water partition coefficient (Wildman–Crippen LogP) is 1.67. The minimum Gasteiger partial charge on any atom is -0.354 e. The van der Waals surface area contributed by atoms with E-state index in [1.54, 1.807) is 19.1 Å². The second kappa shape index (κ2) is 9.94. The van der Waals surface area contributed by atoms with Crippen molar-refractivity contribution in [3.63, 3.8) is 0 Å². The lowest BCUT2D eigenvalue weighted by Crippen LogP contribution is -2.31. The van der Waals surface area contributed by atoms with Crippen LogP contribution in [0.15, 0.2) is 28.7 Å². The van der Waals surface area contributed by atoms with E-state index in [4.69, 9.17) is 0 Å². The van der Waals surface area contributed by atoms with Crippen LogP contribution in [0.2, 0.25) is 0 Å². The molecule has 0 heterocycles. The second-order valence-electron chi connectivity index (χ2n) is 4.64. The number of amides is 2. The first-order valence-electron chi connectivity index (χ1n) is 6.92. The monoisotopic (exact) mass is 422 g/mol. The Morgan fingerprint density at radius 2 is 1.91 bits per heavy atom. The third-order valence-corrected chi connectivity index (χ3v) is 5.88. The van der Waals surface area contributed by atoms with Gasteiger partial charge in [0.2, 0.25) is 11.8 Å². The lowest BCUT2D eigenvalue weighted by molar-refractivity contribution is -0.118. The summed E-state index contributed by atoms with van der Waals surface area (Å²) in [6.07, 6.45) is 0. The average molecular weight is 423 g/mol. The number of benzene rings is 1. The number of carbonyl (C=O) groups excluding carboxylic acids is 2. The van der Waals surface area contributed by atoms with E-state index in [2.05, 4.69) is 26.6 Å². The zero-order chi connectivity index (χ0) is 17.3. The number of sulfone groups is 1. The van der Waals surface area contributed by atoms with Crippen molar-refractivity contribution in [1.82, 2.24) is 5.32 Å².